The minimum absolute atomic E-state index is 0.823. The number of nitrogens with one attached hydrogen (secondary N) is 1. The van der Waals surface area contributed by atoms with E-state index in [0.717, 1.165) is 36.6 Å². The van der Waals surface area contributed by atoms with E-state index in [2.05, 4.69) is 18.5 Å². The van der Waals surface area contributed by atoms with Crippen LogP contribution in [0.4, 0.5) is 0 Å². The van der Waals surface area contributed by atoms with Crippen LogP contribution in [0, 0.1) is 0 Å². The van der Waals surface area contributed by atoms with Gasteiger partial charge in [-0.1, -0.05) is 33.1 Å². The van der Waals surface area contributed by atoms with Crippen molar-refractivity contribution in [1.82, 2.24) is 5.32 Å². The quantitative estimate of drug-likeness (QED) is 0.801. The zero-order valence-corrected chi connectivity index (χ0v) is 9.60. The molecule has 1 aliphatic heterocycles. The molecule has 0 atom stereocenters. The molecule has 1 aromatic rings. The van der Waals surface area contributed by atoms with Crippen molar-refractivity contribution < 1.29 is 4.42 Å². The molecule has 15 heavy (non-hydrogen) atoms. The summed E-state index contributed by atoms with van der Waals surface area (Å²) in [6, 6.07) is 0. The highest BCUT2D eigenvalue weighted by Crippen LogP contribution is 2.27. The van der Waals surface area contributed by atoms with E-state index in [9.17, 15) is 0 Å². The molecule has 0 aromatic carbocycles. The molecule has 82 valence electrons. The van der Waals surface area contributed by atoms with E-state index in [0.29, 0.717) is 0 Å². The maximum absolute atomic E-state index is 5.63. The summed E-state index contributed by atoms with van der Waals surface area (Å²) in [7, 11) is 0. The third kappa shape index (κ3) is 2.21. The van der Waals surface area contributed by atoms with Crippen LogP contribution in [-0.4, -0.2) is 6.54 Å². The van der Waals surface area contributed by atoms with Gasteiger partial charge < -0.3 is 9.73 Å². The third-order valence-corrected chi connectivity index (χ3v) is 2.39. The van der Waals surface area contributed by atoms with Gasteiger partial charge in [-0.25, -0.2) is 0 Å². The van der Waals surface area contributed by atoms with E-state index in [1.54, 1.807) is 6.08 Å². The first kappa shape index (κ1) is 11.8. The highest BCUT2D eigenvalue weighted by molar-refractivity contribution is 5.64. The third-order valence-electron chi connectivity index (χ3n) is 2.39. The summed E-state index contributed by atoms with van der Waals surface area (Å²) in [6.07, 6.45) is 4.62. The molecular weight excluding hydrogens is 186 g/mol. The summed E-state index contributed by atoms with van der Waals surface area (Å²) in [4.78, 5) is 0. The van der Waals surface area contributed by atoms with Gasteiger partial charge >= 0.3 is 0 Å². The van der Waals surface area contributed by atoms with Crippen molar-refractivity contribution in [2.45, 2.75) is 26.8 Å². The average molecular weight is 205 g/mol. The van der Waals surface area contributed by atoms with Crippen molar-refractivity contribution in [2.24, 2.45) is 0 Å². The second-order valence-corrected chi connectivity index (χ2v) is 3.12. The van der Waals surface area contributed by atoms with Crippen LogP contribution in [0.25, 0.3) is 12.2 Å². The van der Waals surface area contributed by atoms with Crippen LogP contribution in [0.1, 0.15) is 36.5 Å². The van der Waals surface area contributed by atoms with Crippen LogP contribution in [0.5, 0.6) is 0 Å². The highest BCUT2D eigenvalue weighted by Gasteiger charge is 2.18. The molecule has 2 nitrogen and oxygen atoms in total. The molecule has 0 unspecified atom stereocenters. The molecule has 2 rings (SSSR count). The van der Waals surface area contributed by atoms with Crippen LogP contribution in [0.3, 0.4) is 0 Å². The van der Waals surface area contributed by atoms with Gasteiger partial charge in [-0.3, -0.25) is 0 Å². The number of furan rings is 1. The van der Waals surface area contributed by atoms with Gasteiger partial charge in [0.15, 0.2) is 0 Å². The summed E-state index contributed by atoms with van der Waals surface area (Å²) in [5, 5.41) is 3.27. The van der Waals surface area contributed by atoms with Gasteiger partial charge in [0.25, 0.3) is 0 Å². The Labute approximate surface area is 91.7 Å². The lowest BCUT2D eigenvalue weighted by molar-refractivity contribution is 0.458. The lowest BCUT2D eigenvalue weighted by Gasteiger charge is -2.11. The number of hydrogen-bond acceptors (Lipinski definition) is 2. The topological polar surface area (TPSA) is 25.2 Å². The Balaban J connectivity index is 0.000000531. The molecule has 0 saturated carbocycles. The fourth-order valence-electron chi connectivity index (χ4n) is 1.76. The van der Waals surface area contributed by atoms with Gasteiger partial charge in [-0.15, -0.1) is 0 Å². The predicted molar refractivity (Wildman–Crippen MR) is 65.6 cm³/mol. The zero-order chi connectivity index (χ0) is 11.3. The lowest BCUT2D eigenvalue weighted by Crippen LogP contribution is -2.22. The average Bonchev–Trinajstić information content (AvgIpc) is 2.69. The maximum Gasteiger partial charge on any atom is 0.134 e. The largest absolute Gasteiger partial charge is 0.459 e. The molecule has 2 heteroatoms. The Morgan fingerprint density at radius 2 is 2.00 bits per heavy atom. The van der Waals surface area contributed by atoms with E-state index < -0.39 is 0 Å². The smallest absolute Gasteiger partial charge is 0.134 e. The Morgan fingerprint density at radius 3 is 2.60 bits per heavy atom. The van der Waals surface area contributed by atoms with E-state index >= 15 is 0 Å². The van der Waals surface area contributed by atoms with E-state index in [1.165, 1.54) is 5.56 Å². The fraction of sp³-hybridized carbons (Fsp3) is 0.385. The number of rotatable bonds is 2. The van der Waals surface area contributed by atoms with Gasteiger partial charge in [-0.2, -0.15) is 0 Å². The molecule has 0 bridgehead atoms. The van der Waals surface area contributed by atoms with Crippen LogP contribution in [-0.2, 0) is 13.0 Å². The Hall–Kier alpha value is -1.28. The normalized spacial score (nSPS) is 13.5. The molecule has 1 aromatic heterocycles. The monoisotopic (exact) mass is 205 g/mol. The lowest BCUT2D eigenvalue weighted by atomic mass is 10.0. The molecule has 0 fully saturated rings. The van der Waals surface area contributed by atoms with Gasteiger partial charge in [-0.05, 0) is 19.0 Å². The molecule has 0 radical (unpaired) electrons. The summed E-state index contributed by atoms with van der Waals surface area (Å²) < 4.78 is 5.63. The van der Waals surface area contributed by atoms with Gasteiger partial charge in [0.05, 0.1) is 6.54 Å². The molecule has 0 aliphatic carbocycles. The summed E-state index contributed by atoms with van der Waals surface area (Å²) in [5.41, 5.74) is 2.41. The maximum atomic E-state index is 5.63. The van der Waals surface area contributed by atoms with Gasteiger partial charge in [0.1, 0.15) is 11.5 Å². The molecule has 2 heterocycles. The van der Waals surface area contributed by atoms with Crippen molar-refractivity contribution in [1.29, 1.82) is 0 Å². The SMILES string of the molecule is C=Cc1oc2c(c1C=C)CCNC2.CC. The first-order chi connectivity index (χ1) is 7.36. The second-order valence-electron chi connectivity index (χ2n) is 3.12. The molecule has 0 saturated heterocycles. The fourth-order valence-corrected chi connectivity index (χ4v) is 1.76. The first-order valence-electron chi connectivity index (χ1n) is 5.47. The Morgan fingerprint density at radius 1 is 1.27 bits per heavy atom. The van der Waals surface area contributed by atoms with Gasteiger partial charge in [0.2, 0.25) is 0 Å². The number of hydrogen-bond donors (Lipinski definition) is 1. The van der Waals surface area contributed by atoms with E-state index in [1.807, 2.05) is 19.9 Å². The summed E-state index contributed by atoms with van der Waals surface area (Å²) in [5.74, 6) is 1.89. The Bertz CT molecular complexity index is 350. The van der Waals surface area contributed by atoms with E-state index in [-0.39, 0.29) is 0 Å². The predicted octanol–water partition coefficient (Wildman–Crippen LogP) is 3.24. The van der Waals surface area contributed by atoms with Crippen molar-refractivity contribution in [3.05, 3.63) is 35.8 Å². The molecule has 1 aliphatic rings. The second kappa shape index (κ2) is 5.56. The van der Waals surface area contributed by atoms with E-state index in [4.69, 9.17) is 4.42 Å². The minimum atomic E-state index is 0.823. The summed E-state index contributed by atoms with van der Waals surface area (Å²) >= 11 is 0. The zero-order valence-electron chi connectivity index (χ0n) is 9.60. The van der Waals surface area contributed by atoms with Crippen molar-refractivity contribution in [2.75, 3.05) is 6.54 Å². The minimum Gasteiger partial charge on any atom is -0.459 e. The summed E-state index contributed by atoms with van der Waals surface area (Å²) in [6.45, 7) is 13.4. The first-order valence-corrected chi connectivity index (χ1v) is 5.47. The molecule has 1 N–H and O–H groups in total. The van der Waals surface area contributed by atoms with Crippen LogP contribution < -0.4 is 5.32 Å². The molecule has 0 amide bonds. The van der Waals surface area contributed by atoms with Crippen molar-refractivity contribution >= 4 is 12.2 Å². The van der Waals surface area contributed by atoms with Gasteiger partial charge in [0, 0.05) is 11.1 Å². The van der Waals surface area contributed by atoms with Crippen LogP contribution in [0.15, 0.2) is 17.6 Å². The molecular formula is C13H19NO. The van der Waals surface area contributed by atoms with Crippen LogP contribution in [0.2, 0.25) is 0 Å². The molecule has 0 spiro atoms. The van der Waals surface area contributed by atoms with Crippen molar-refractivity contribution in [3.63, 3.8) is 0 Å². The standard InChI is InChI=1S/C11H13NO.C2H6/c1-3-8-9-5-6-12-7-11(9)13-10(8)4-2;1-2/h3-4,12H,1-2,5-7H2;1-2H3. The van der Waals surface area contributed by atoms with Crippen molar-refractivity contribution in [3.8, 4) is 0 Å². The highest BCUT2D eigenvalue weighted by atomic mass is 16.3. The number of fused-ring (bicyclic) bond motifs is 1. The van der Waals surface area contributed by atoms with Crippen LogP contribution >= 0.6 is 0 Å². The Kier molecular flexibility index (Phi) is 4.37.